The van der Waals surface area contributed by atoms with Crippen LogP contribution in [0, 0.1) is 0 Å². The van der Waals surface area contributed by atoms with E-state index in [0.29, 0.717) is 11.3 Å². The van der Waals surface area contributed by atoms with E-state index in [1.165, 1.54) is 4.90 Å². The minimum Gasteiger partial charge on any atom is -0.349 e. The first-order chi connectivity index (χ1) is 11.1. The number of anilines is 1. The van der Waals surface area contributed by atoms with Crippen molar-refractivity contribution in [3.8, 4) is 0 Å². The number of nitrogens with zero attached hydrogens (tertiary/aromatic N) is 1. The van der Waals surface area contributed by atoms with Crippen molar-refractivity contribution in [1.29, 1.82) is 0 Å². The van der Waals surface area contributed by atoms with Crippen LogP contribution in [0.3, 0.4) is 0 Å². The minimum absolute atomic E-state index is 0.0591. The average Bonchev–Trinajstić information content (AvgIpc) is 2.45. The van der Waals surface area contributed by atoms with E-state index in [1.54, 1.807) is 38.4 Å². The molecule has 1 aromatic rings. The largest absolute Gasteiger partial charge is 0.349 e. The fraction of sp³-hybridized carbons (Fsp3) is 0.471. The Morgan fingerprint density at radius 3 is 2.38 bits per heavy atom. The molecule has 0 aliphatic rings. The maximum absolute atomic E-state index is 12.1. The second-order valence-corrected chi connectivity index (χ2v) is 6.70. The molecule has 132 valence electrons. The standard InChI is InChI=1S/C17H26N4O3/c1-17(2,3)20-15(23)12-7-6-8-13(11-12)19-16(24)18-10-9-14(22)21(4)5/h6-8,11H,9-10H2,1-5H3,(H,20,23)(H2,18,19,24). The summed E-state index contributed by atoms with van der Waals surface area (Å²) < 4.78 is 0. The van der Waals surface area contributed by atoms with Gasteiger partial charge in [-0.2, -0.15) is 0 Å². The van der Waals surface area contributed by atoms with Gasteiger partial charge in [-0.3, -0.25) is 9.59 Å². The van der Waals surface area contributed by atoms with Crippen LogP contribution in [-0.4, -0.2) is 48.9 Å². The molecule has 1 aromatic carbocycles. The number of carbonyl (C=O) groups is 3. The van der Waals surface area contributed by atoms with Crippen molar-refractivity contribution in [1.82, 2.24) is 15.5 Å². The Labute approximate surface area is 142 Å². The predicted molar refractivity (Wildman–Crippen MR) is 94.0 cm³/mol. The van der Waals surface area contributed by atoms with Crippen LogP contribution in [0.2, 0.25) is 0 Å². The third-order valence-corrected chi connectivity index (χ3v) is 2.99. The number of benzene rings is 1. The molecule has 0 saturated carbocycles. The minimum atomic E-state index is -0.421. The smallest absolute Gasteiger partial charge is 0.319 e. The van der Waals surface area contributed by atoms with Gasteiger partial charge in [0.1, 0.15) is 0 Å². The molecule has 0 aromatic heterocycles. The van der Waals surface area contributed by atoms with E-state index >= 15 is 0 Å². The zero-order chi connectivity index (χ0) is 18.3. The highest BCUT2D eigenvalue weighted by Crippen LogP contribution is 2.12. The summed E-state index contributed by atoms with van der Waals surface area (Å²) in [7, 11) is 3.33. The monoisotopic (exact) mass is 334 g/mol. The van der Waals surface area contributed by atoms with Crippen LogP contribution >= 0.6 is 0 Å². The number of urea groups is 1. The van der Waals surface area contributed by atoms with Crippen molar-refractivity contribution in [2.75, 3.05) is 26.0 Å². The lowest BCUT2D eigenvalue weighted by Crippen LogP contribution is -2.40. The molecular weight excluding hydrogens is 308 g/mol. The van der Waals surface area contributed by atoms with E-state index in [4.69, 9.17) is 0 Å². The van der Waals surface area contributed by atoms with Gasteiger partial charge in [0.15, 0.2) is 0 Å². The number of nitrogens with one attached hydrogen (secondary N) is 3. The van der Waals surface area contributed by atoms with E-state index in [-0.39, 0.29) is 30.3 Å². The van der Waals surface area contributed by atoms with Crippen molar-refractivity contribution < 1.29 is 14.4 Å². The molecule has 3 N–H and O–H groups in total. The van der Waals surface area contributed by atoms with Crippen LogP contribution in [0.5, 0.6) is 0 Å². The molecule has 0 bridgehead atoms. The van der Waals surface area contributed by atoms with Gasteiger partial charge in [-0.05, 0) is 39.0 Å². The van der Waals surface area contributed by atoms with Crippen LogP contribution < -0.4 is 16.0 Å². The van der Waals surface area contributed by atoms with E-state index < -0.39 is 6.03 Å². The summed E-state index contributed by atoms with van der Waals surface area (Å²) in [6.07, 6.45) is 0.231. The van der Waals surface area contributed by atoms with Crippen LogP contribution in [0.4, 0.5) is 10.5 Å². The van der Waals surface area contributed by atoms with Crippen molar-refractivity contribution in [3.63, 3.8) is 0 Å². The topological polar surface area (TPSA) is 90.5 Å². The molecule has 0 radical (unpaired) electrons. The maximum atomic E-state index is 12.1. The van der Waals surface area contributed by atoms with Gasteiger partial charge in [-0.1, -0.05) is 6.07 Å². The SMILES string of the molecule is CN(C)C(=O)CCNC(=O)Nc1cccc(C(=O)NC(C)(C)C)c1. The molecule has 0 heterocycles. The molecule has 0 spiro atoms. The molecular formula is C17H26N4O3. The van der Waals surface area contributed by atoms with Crippen molar-refractivity contribution >= 4 is 23.5 Å². The Morgan fingerprint density at radius 2 is 1.79 bits per heavy atom. The van der Waals surface area contributed by atoms with Gasteiger partial charge >= 0.3 is 6.03 Å². The summed E-state index contributed by atoms with van der Waals surface area (Å²) in [4.78, 5) is 36.8. The highest BCUT2D eigenvalue weighted by molar-refractivity contribution is 5.97. The molecule has 7 heteroatoms. The number of hydrogen-bond donors (Lipinski definition) is 3. The van der Waals surface area contributed by atoms with Crippen LogP contribution in [0.15, 0.2) is 24.3 Å². The van der Waals surface area contributed by atoms with Gasteiger partial charge in [0.25, 0.3) is 5.91 Å². The van der Waals surface area contributed by atoms with Crippen molar-refractivity contribution in [3.05, 3.63) is 29.8 Å². The molecule has 1 rings (SSSR count). The molecule has 0 atom stereocenters. The van der Waals surface area contributed by atoms with Gasteiger partial charge in [-0.15, -0.1) is 0 Å². The normalized spacial score (nSPS) is 10.7. The Hall–Kier alpha value is -2.57. The molecule has 0 aliphatic carbocycles. The highest BCUT2D eigenvalue weighted by atomic mass is 16.2. The van der Waals surface area contributed by atoms with Crippen molar-refractivity contribution in [2.24, 2.45) is 0 Å². The molecule has 0 unspecified atom stereocenters. The van der Waals surface area contributed by atoms with Crippen LogP contribution in [0.1, 0.15) is 37.6 Å². The Morgan fingerprint density at radius 1 is 1.12 bits per heavy atom. The molecule has 0 saturated heterocycles. The first-order valence-corrected chi connectivity index (χ1v) is 7.76. The van der Waals surface area contributed by atoms with Gasteiger partial charge in [-0.25, -0.2) is 4.79 Å². The molecule has 24 heavy (non-hydrogen) atoms. The summed E-state index contributed by atoms with van der Waals surface area (Å²) in [6, 6.07) is 6.25. The van der Waals surface area contributed by atoms with Crippen molar-refractivity contribution in [2.45, 2.75) is 32.7 Å². The highest BCUT2D eigenvalue weighted by Gasteiger charge is 2.15. The number of hydrogen-bond acceptors (Lipinski definition) is 3. The fourth-order valence-electron chi connectivity index (χ4n) is 1.83. The predicted octanol–water partition coefficient (Wildman–Crippen LogP) is 1.81. The van der Waals surface area contributed by atoms with Gasteiger partial charge < -0.3 is 20.9 Å². The Bertz CT molecular complexity index is 606. The summed E-state index contributed by atoms with van der Waals surface area (Å²) in [6.45, 7) is 5.94. The summed E-state index contributed by atoms with van der Waals surface area (Å²) in [5.74, 6) is -0.265. The average molecular weight is 334 g/mol. The van der Waals surface area contributed by atoms with Crippen LogP contribution in [0.25, 0.3) is 0 Å². The van der Waals surface area contributed by atoms with E-state index in [9.17, 15) is 14.4 Å². The van der Waals surface area contributed by atoms with Gasteiger partial charge in [0.05, 0.1) is 0 Å². The zero-order valence-electron chi connectivity index (χ0n) is 14.9. The second kappa shape index (κ2) is 8.33. The summed E-state index contributed by atoms with van der Waals surface area (Å²) >= 11 is 0. The first kappa shape index (κ1) is 19.5. The number of amides is 4. The quantitative estimate of drug-likeness (QED) is 0.767. The van der Waals surface area contributed by atoms with E-state index in [2.05, 4.69) is 16.0 Å². The Balaban J connectivity index is 2.56. The lowest BCUT2D eigenvalue weighted by molar-refractivity contribution is -0.128. The summed E-state index contributed by atoms with van der Waals surface area (Å²) in [5, 5.41) is 8.12. The lowest BCUT2D eigenvalue weighted by Gasteiger charge is -2.20. The first-order valence-electron chi connectivity index (χ1n) is 7.76. The third-order valence-electron chi connectivity index (χ3n) is 2.99. The lowest BCUT2D eigenvalue weighted by atomic mass is 10.1. The second-order valence-electron chi connectivity index (χ2n) is 6.70. The number of carbonyl (C=O) groups excluding carboxylic acids is 3. The third kappa shape index (κ3) is 7.13. The van der Waals surface area contributed by atoms with Gasteiger partial charge in [0, 0.05) is 43.9 Å². The van der Waals surface area contributed by atoms with Crippen LogP contribution in [-0.2, 0) is 4.79 Å². The molecule has 0 fully saturated rings. The Kier molecular flexibility index (Phi) is 6.76. The summed E-state index contributed by atoms with van der Waals surface area (Å²) in [5.41, 5.74) is 0.634. The van der Waals surface area contributed by atoms with E-state index in [0.717, 1.165) is 0 Å². The number of rotatable bonds is 5. The molecule has 7 nitrogen and oxygen atoms in total. The van der Waals surface area contributed by atoms with Gasteiger partial charge in [0.2, 0.25) is 5.91 Å². The maximum Gasteiger partial charge on any atom is 0.319 e. The van der Waals surface area contributed by atoms with E-state index in [1.807, 2.05) is 20.8 Å². The fourth-order valence-corrected chi connectivity index (χ4v) is 1.83. The zero-order valence-corrected chi connectivity index (χ0v) is 14.9. The molecule has 4 amide bonds. The molecule has 0 aliphatic heterocycles.